The predicted octanol–water partition coefficient (Wildman–Crippen LogP) is 4.19. The van der Waals surface area contributed by atoms with Crippen LogP contribution in [0.2, 0.25) is 5.02 Å². The number of hydrogen-bond acceptors (Lipinski definition) is 3. The molecule has 0 heterocycles. The minimum Gasteiger partial charge on any atom is -0.480 e. The van der Waals surface area contributed by atoms with Crippen LogP contribution < -0.4 is 15.4 Å². The zero-order valence-electron chi connectivity index (χ0n) is 14.5. The number of amides is 2. The van der Waals surface area contributed by atoms with E-state index in [4.69, 9.17) is 16.3 Å². The molecule has 1 atom stereocenters. The summed E-state index contributed by atoms with van der Waals surface area (Å²) < 4.78 is 6.36. The van der Waals surface area contributed by atoms with Gasteiger partial charge in [0.2, 0.25) is 5.91 Å². The Balaban J connectivity index is 1.90. The van der Waals surface area contributed by atoms with Gasteiger partial charge >= 0.3 is 0 Å². The third-order valence-electron chi connectivity index (χ3n) is 3.71. The van der Waals surface area contributed by atoms with Crippen LogP contribution in [0.4, 0.5) is 5.69 Å². The van der Waals surface area contributed by atoms with Gasteiger partial charge in [-0.05, 0) is 65.2 Å². The molecule has 138 valence electrons. The van der Waals surface area contributed by atoms with E-state index in [9.17, 15) is 9.59 Å². The van der Waals surface area contributed by atoms with E-state index in [1.54, 1.807) is 32.2 Å². The van der Waals surface area contributed by atoms with E-state index in [1.807, 2.05) is 24.3 Å². The first-order valence-electron chi connectivity index (χ1n) is 8.11. The fourth-order valence-corrected chi connectivity index (χ4v) is 2.97. The molecule has 0 fully saturated rings. The Kier molecular flexibility index (Phi) is 7.48. The van der Waals surface area contributed by atoms with Gasteiger partial charge in [-0.1, -0.05) is 23.7 Å². The topological polar surface area (TPSA) is 67.4 Å². The molecule has 0 radical (unpaired) electrons. The van der Waals surface area contributed by atoms with Crippen molar-refractivity contribution in [1.29, 1.82) is 0 Å². The Labute approximate surface area is 166 Å². The molecular weight excluding hydrogens is 420 g/mol. The highest BCUT2D eigenvalue weighted by atomic mass is 79.9. The Bertz CT molecular complexity index is 781. The number of anilines is 1. The van der Waals surface area contributed by atoms with Crippen molar-refractivity contribution in [3.8, 4) is 5.75 Å². The number of nitrogens with one attached hydrogen (secondary N) is 2. The number of aryl methyl sites for hydroxylation is 1. The Morgan fingerprint density at radius 1 is 1.19 bits per heavy atom. The largest absolute Gasteiger partial charge is 0.480 e. The van der Waals surface area contributed by atoms with E-state index in [-0.39, 0.29) is 11.8 Å². The van der Waals surface area contributed by atoms with Crippen molar-refractivity contribution in [2.75, 3.05) is 12.4 Å². The second-order valence-corrected chi connectivity index (χ2v) is 6.98. The number of benzene rings is 2. The smallest absolute Gasteiger partial charge is 0.265 e. The molecule has 7 heteroatoms. The number of carbonyl (C=O) groups is 2. The average molecular weight is 440 g/mol. The van der Waals surface area contributed by atoms with Crippen molar-refractivity contribution in [3.05, 3.63) is 57.5 Å². The van der Waals surface area contributed by atoms with Crippen LogP contribution >= 0.6 is 27.5 Å². The lowest BCUT2D eigenvalue weighted by atomic mass is 10.1. The molecule has 0 aromatic heterocycles. The molecule has 5 nitrogen and oxygen atoms in total. The average Bonchev–Trinajstić information content (AvgIpc) is 2.63. The number of ether oxygens (including phenoxy) is 1. The summed E-state index contributed by atoms with van der Waals surface area (Å²) in [5.41, 5.74) is 1.70. The molecule has 0 aliphatic heterocycles. The van der Waals surface area contributed by atoms with Gasteiger partial charge in [-0.2, -0.15) is 0 Å². The van der Waals surface area contributed by atoms with Crippen molar-refractivity contribution in [2.24, 2.45) is 0 Å². The summed E-state index contributed by atoms with van der Waals surface area (Å²) in [6.07, 6.45) is 0.404. The van der Waals surface area contributed by atoms with Crippen molar-refractivity contribution in [2.45, 2.75) is 25.9 Å². The zero-order chi connectivity index (χ0) is 19.1. The van der Waals surface area contributed by atoms with Crippen LogP contribution in [0.25, 0.3) is 0 Å². The van der Waals surface area contributed by atoms with E-state index in [1.165, 1.54) is 0 Å². The van der Waals surface area contributed by atoms with Crippen molar-refractivity contribution < 1.29 is 14.3 Å². The Morgan fingerprint density at radius 2 is 1.88 bits per heavy atom. The van der Waals surface area contributed by atoms with E-state index >= 15 is 0 Å². The molecule has 0 spiro atoms. The van der Waals surface area contributed by atoms with E-state index in [2.05, 4.69) is 26.6 Å². The Hall–Kier alpha value is -2.05. The molecule has 1 unspecified atom stereocenters. The number of hydrogen-bond donors (Lipinski definition) is 2. The highest BCUT2D eigenvalue weighted by Gasteiger charge is 2.16. The highest BCUT2D eigenvalue weighted by molar-refractivity contribution is 9.10. The molecule has 2 aromatic carbocycles. The lowest BCUT2D eigenvalue weighted by Crippen LogP contribution is -2.30. The lowest BCUT2D eigenvalue weighted by molar-refractivity contribution is -0.122. The fourth-order valence-electron chi connectivity index (χ4n) is 2.20. The van der Waals surface area contributed by atoms with Crippen molar-refractivity contribution in [3.63, 3.8) is 0 Å². The molecule has 2 aromatic rings. The van der Waals surface area contributed by atoms with Crippen molar-refractivity contribution in [1.82, 2.24) is 5.32 Å². The summed E-state index contributed by atoms with van der Waals surface area (Å²) >= 11 is 9.26. The van der Waals surface area contributed by atoms with Gasteiger partial charge in [0.25, 0.3) is 5.91 Å². The van der Waals surface area contributed by atoms with Crippen molar-refractivity contribution >= 4 is 45.0 Å². The van der Waals surface area contributed by atoms with Gasteiger partial charge in [-0.25, -0.2) is 0 Å². The van der Waals surface area contributed by atoms with Gasteiger partial charge in [-0.3, -0.25) is 9.59 Å². The van der Waals surface area contributed by atoms with Gasteiger partial charge in [0.15, 0.2) is 6.10 Å². The van der Waals surface area contributed by atoms with Crippen LogP contribution in [0, 0.1) is 0 Å². The predicted molar refractivity (Wildman–Crippen MR) is 107 cm³/mol. The molecule has 2 amide bonds. The standard InChI is InChI=1S/C19H20BrClN2O3/c1-12(26-17-9-6-14(21)11-16(17)20)19(25)23-15-7-3-13(4-8-15)5-10-18(24)22-2/h3-4,6-9,11-12H,5,10H2,1-2H3,(H,22,24)(H,23,25). The minimum absolute atomic E-state index is 0.00159. The lowest BCUT2D eigenvalue weighted by Gasteiger charge is -2.16. The first-order chi connectivity index (χ1) is 12.4. The van der Waals surface area contributed by atoms with Gasteiger partial charge in [0, 0.05) is 24.2 Å². The first-order valence-corrected chi connectivity index (χ1v) is 9.28. The van der Waals surface area contributed by atoms with Gasteiger partial charge in [-0.15, -0.1) is 0 Å². The van der Waals surface area contributed by atoms with E-state index in [0.717, 1.165) is 5.56 Å². The second kappa shape index (κ2) is 9.59. The summed E-state index contributed by atoms with van der Waals surface area (Å²) in [6, 6.07) is 12.5. The Morgan fingerprint density at radius 3 is 2.50 bits per heavy atom. The number of halogens is 2. The number of rotatable bonds is 7. The summed E-state index contributed by atoms with van der Waals surface area (Å²) in [5.74, 6) is 0.285. The van der Waals surface area contributed by atoms with Gasteiger partial charge in [0.05, 0.1) is 4.47 Å². The van der Waals surface area contributed by atoms with E-state index in [0.29, 0.717) is 33.8 Å². The third kappa shape index (κ3) is 6.04. The molecular formula is C19H20BrClN2O3. The monoisotopic (exact) mass is 438 g/mol. The second-order valence-electron chi connectivity index (χ2n) is 5.69. The SMILES string of the molecule is CNC(=O)CCc1ccc(NC(=O)C(C)Oc2ccc(Cl)cc2Br)cc1. The molecule has 2 rings (SSSR count). The third-order valence-corrected chi connectivity index (χ3v) is 4.56. The maximum absolute atomic E-state index is 12.3. The molecule has 0 aliphatic rings. The van der Waals surface area contributed by atoms with Gasteiger partial charge in [0.1, 0.15) is 5.75 Å². The molecule has 0 aliphatic carbocycles. The number of carbonyl (C=O) groups excluding carboxylic acids is 2. The van der Waals surface area contributed by atoms with E-state index < -0.39 is 6.10 Å². The zero-order valence-corrected chi connectivity index (χ0v) is 16.9. The van der Waals surface area contributed by atoms with Crippen LogP contribution in [0.1, 0.15) is 18.9 Å². The van der Waals surface area contributed by atoms with Crippen LogP contribution in [0.5, 0.6) is 5.75 Å². The maximum Gasteiger partial charge on any atom is 0.265 e. The van der Waals surface area contributed by atoms with Crippen LogP contribution in [-0.2, 0) is 16.0 Å². The van der Waals surface area contributed by atoms with Crippen LogP contribution in [0.15, 0.2) is 46.9 Å². The van der Waals surface area contributed by atoms with Gasteiger partial charge < -0.3 is 15.4 Å². The molecule has 0 saturated carbocycles. The molecule has 0 saturated heterocycles. The molecule has 26 heavy (non-hydrogen) atoms. The fraction of sp³-hybridized carbons (Fsp3) is 0.263. The maximum atomic E-state index is 12.3. The summed E-state index contributed by atoms with van der Waals surface area (Å²) in [4.78, 5) is 23.6. The quantitative estimate of drug-likeness (QED) is 0.680. The first kappa shape index (κ1) is 20.3. The van der Waals surface area contributed by atoms with Crippen LogP contribution in [-0.4, -0.2) is 25.0 Å². The highest BCUT2D eigenvalue weighted by Crippen LogP contribution is 2.28. The normalized spacial score (nSPS) is 11.5. The minimum atomic E-state index is -0.680. The van der Waals surface area contributed by atoms with Crippen LogP contribution in [0.3, 0.4) is 0 Å². The summed E-state index contributed by atoms with van der Waals surface area (Å²) in [7, 11) is 1.62. The molecule has 0 bridgehead atoms. The summed E-state index contributed by atoms with van der Waals surface area (Å²) in [6.45, 7) is 1.67. The molecule has 2 N–H and O–H groups in total. The summed E-state index contributed by atoms with van der Waals surface area (Å²) in [5, 5.41) is 5.98.